The van der Waals surface area contributed by atoms with Gasteiger partial charge in [0.15, 0.2) is 5.13 Å². The molecule has 2 heterocycles. The number of methoxy groups -OCH3 is 1. The van der Waals surface area contributed by atoms with Crippen LogP contribution in [0.2, 0.25) is 0 Å². The molecular weight excluding hydrogens is 288 g/mol. The Hall–Kier alpha value is -1.34. The summed E-state index contributed by atoms with van der Waals surface area (Å²) in [5, 5.41) is 3.89. The van der Waals surface area contributed by atoms with Crippen molar-refractivity contribution in [3.05, 3.63) is 4.88 Å². The van der Waals surface area contributed by atoms with Crippen molar-refractivity contribution in [2.45, 2.75) is 32.7 Å². The second-order valence-corrected chi connectivity index (χ2v) is 6.75. The number of amides is 1. The van der Waals surface area contributed by atoms with Crippen LogP contribution >= 0.6 is 11.3 Å². The van der Waals surface area contributed by atoms with Gasteiger partial charge in [0, 0.05) is 26.2 Å². The van der Waals surface area contributed by atoms with Gasteiger partial charge >= 0.3 is 0 Å². The average molecular weight is 312 g/mol. The van der Waals surface area contributed by atoms with Crippen LogP contribution in [0.4, 0.5) is 10.9 Å². The van der Waals surface area contributed by atoms with E-state index in [9.17, 15) is 4.79 Å². The molecule has 1 fully saturated rings. The average Bonchev–Trinajstić information content (AvgIpc) is 2.78. The first kappa shape index (κ1) is 16.0. The number of nitrogen functional groups attached to an aromatic ring is 1. The topological polar surface area (TPSA) is 80.5 Å². The highest BCUT2D eigenvalue weighted by molar-refractivity contribution is 7.18. The van der Waals surface area contributed by atoms with Gasteiger partial charge in [-0.15, -0.1) is 0 Å². The van der Waals surface area contributed by atoms with Crippen LogP contribution in [0.3, 0.4) is 0 Å². The van der Waals surface area contributed by atoms with Crippen molar-refractivity contribution in [2.24, 2.45) is 5.92 Å². The number of anilines is 2. The monoisotopic (exact) mass is 312 g/mol. The van der Waals surface area contributed by atoms with Gasteiger partial charge < -0.3 is 20.7 Å². The molecular formula is C14H24N4O2S. The molecule has 1 aliphatic heterocycles. The number of thiazole rings is 1. The molecule has 1 aromatic heterocycles. The second-order valence-electron chi connectivity index (χ2n) is 5.75. The molecule has 0 aromatic carbocycles. The fourth-order valence-electron chi connectivity index (χ4n) is 2.56. The summed E-state index contributed by atoms with van der Waals surface area (Å²) in [6.45, 7) is 6.26. The summed E-state index contributed by atoms with van der Waals surface area (Å²) in [7, 11) is 1.70. The van der Waals surface area contributed by atoms with Gasteiger partial charge in [-0.05, 0) is 32.6 Å². The zero-order valence-electron chi connectivity index (χ0n) is 12.9. The van der Waals surface area contributed by atoms with E-state index < -0.39 is 0 Å². The molecule has 1 saturated heterocycles. The molecule has 0 aliphatic carbocycles. The SMILES string of the molecule is COCC1CCCN(C(=O)c2sc(NC(C)C)nc2N)C1. The molecule has 0 spiro atoms. The molecule has 21 heavy (non-hydrogen) atoms. The van der Waals surface area contributed by atoms with Crippen molar-refractivity contribution in [2.75, 3.05) is 37.9 Å². The van der Waals surface area contributed by atoms with E-state index in [1.54, 1.807) is 7.11 Å². The van der Waals surface area contributed by atoms with Crippen LogP contribution in [0.5, 0.6) is 0 Å². The summed E-state index contributed by atoms with van der Waals surface area (Å²) in [5.41, 5.74) is 5.91. The third-order valence-corrected chi connectivity index (χ3v) is 4.46. The minimum Gasteiger partial charge on any atom is -0.384 e. The van der Waals surface area contributed by atoms with Gasteiger partial charge in [-0.1, -0.05) is 11.3 Å². The molecule has 3 N–H and O–H groups in total. The quantitative estimate of drug-likeness (QED) is 0.869. The van der Waals surface area contributed by atoms with E-state index in [0.717, 1.165) is 25.9 Å². The number of carbonyl (C=O) groups excluding carboxylic acids is 1. The van der Waals surface area contributed by atoms with Crippen molar-refractivity contribution >= 4 is 28.2 Å². The van der Waals surface area contributed by atoms with Gasteiger partial charge in [0.05, 0.1) is 6.61 Å². The minimum atomic E-state index is -0.0115. The molecule has 118 valence electrons. The molecule has 7 heteroatoms. The summed E-state index contributed by atoms with van der Waals surface area (Å²) in [6, 6.07) is 0.263. The number of nitrogens with one attached hydrogen (secondary N) is 1. The Morgan fingerprint density at radius 2 is 2.38 bits per heavy atom. The molecule has 0 bridgehead atoms. The van der Waals surface area contributed by atoms with E-state index >= 15 is 0 Å². The number of aromatic nitrogens is 1. The highest BCUT2D eigenvalue weighted by Gasteiger charge is 2.27. The van der Waals surface area contributed by atoms with Gasteiger partial charge in [-0.2, -0.15) is 0 Å². The lowest BCUT2D eigenvalue weighted by Gasteiger charge is -2.32. The number of hydrogen-bond acceptors (Lipinski definition) is 6. The molecule has 1 atom stereocenters. The van der Waals surface area contributed by atoms with E-state index in [1.807, 2.05) is 18.7 Å². The first-order chi connectivity index (χ1) is 10.0. The van der Waals surface area contributed by atoms with E-state index in [4.69, 9.17) is 10.5 Å². The Kier molecular flexibility index (Phi) is 5.41. The van der Waals surface area contributed by atoms with Crippen LogP contribution in [0.15, 0.2) is 0 Å². The maximum Gasteiger partial charge on any atom is 0.267 e. The number of nitrogens with zero attached hydrogens (tertiary/aromatic N) is 2. The Labute approximate surface area is 129 Å². The maximum atomic E-state index is 12.6. The lowest BCUT2D eigenvalue weighted by atomic mass is 9.99. The summed E-state index contributed by atoms with van der Waals surface area (Å²) >= 11 is 1.33. The molecule has 1 unspecified atom stereocenters. The van der Waals surface area contributed by atoms with Crippen LogP contribution < -0.4 is 11.1 Å². The van der Waals surface area contributed by atoms with Crippen LogP contribution in [-0.4, -0.2) is 48.6 Å². The second kappa shape index (κ2) is 7.09. The minimum absolute atomic E-state index is 0.0115. The Morgan fingerprint density at radius 3 is 3.05 bits per heavy atom. The van der Waals surface area contributed by atoms with Gasteiger partial charge in [-0.25, -0.2) is 4.98 Å². The fourth-order valence-corrected chi connectivity index (χ4v) is 3.56. The highest BCUT2D eigenvalue weighted by Crippen LogP contribution is 2.28. The number of hydrogen-bond donors (Lipinski definition) is 2. The normalized spacial score (nSPS) is 19.0. The van der Waals surface area contributed by atoms with E-state index in [2.05, 4.69) is 10.3 Å². The van der Waals surface area contributed by atoms with Crippen molar-refractivity contribution in [1.82, 2.24) is 9.88 Å². The number of carbonyl (C=O) groups is 1. The summed E-state index contributed by atoms with van der Waals surface area (Å²) in [4.78, 5) is 19.3. The van der Waals surface area contributed by atoms with Gasteiger partial charge in [-0.3, -0.25) is 4.79 Å². The zero-order valence-corrected chi connectivity index (χ0v) is 13.7. The van der Waals surface area contributed by atoms with Crippen LogP contribution in [0.1, 0.15) is 36.4 Å². The number of piperidine rings is 1. The number of nitrogens with two attached hydrogens (primary N) is 1. The third-order valence-electron chi connectivity index (χ3n) is 3.47. The predicted octanol–water partition coefficient (Wildman–Crippen LogP) is 2.04. The molecule has 6 nitrogen and oxygen atoms in total. The molecule has 1 aliphatic rings. The summed E-state index contributed by atoms with van der Waals surface area (Å²) in [6.07, 6.45) is 2.12. The molecule has 1 amide bonds. The van der Waals surface area contributed by atoms with Crippen molar-refractivity contribution in [3.8, 4) is 0 Å². The van der Waals surface area contributed by atoms with E-state index in [-0.39, 0.29) is 11.9 Å². The van der Waals surface area contributed by atoms with E-state index in [0.29, 0.717) is 28.4 Å². The maximum absolute atomic E-state index is 12.6. The Balaban J connectivity index is 2.07. The first-order valence-electron chi connectivity index (χ1n) is 7.32. The number of likely N-dealkylation sites (tertiary alicyclic amines) is 1. The largest absolute Gasteiger partial charge is 0.384 e. The van der Waals surface area contributed by atoms with Crippen molar-refractivity contribution in [1.29, 1.82) is 0 Å². The Morgan fingerprint density at radius 1 is 1.62 bits per heavy atom. The summed E-state index contributed by atoms with van der Waals surface area (Å²) < 4.78 is 5.20. The van der Waals surface area contributed by atoms with Crippen molar-refractivity contribution in [3.63, 3.8) is 0 Å². The molecule has 0 radical (unpaired) electrons. The highest BCUT2D eigenvalue weighted by atomic mass is 32.1. The lowest BCUT2D eigenvalue weighted by molar-refractivity contribution is 0.0576. The smallest absolute Gasteiger partial charge is 0.267 e. The van der Waals surface area contributed by atoms with Crippen LogP contribution in [0.25, 0.3) is 0 Å². The molecule has 1 aromatic rings. The van der Waals surface area contributed by atoms with Gasteiger partial charge in [0.25, 0.3) is 5.91 Å². The van der Waals surface area contributed by atoms with Crippen LogP contribution in [0, 0.1) is 5.92 Å². The van der Waals surface area contributed by atoms with Gasteiger partial charge in [0.1, 0.15) is 10.7 Å². The Bertz CT molecular complexity index is 487. The fraction of sp³-hybridized carbons (Fsp3) is 0.714. The molecule has 0 saturated carbocycles. The van der Waals surface area contributed by atoms with Crippen LogP contribution in [-0.2, 0) is 4.74 Å². The summed E-state index contributed by atoms with van der Waals surface area (Å²) in [5.74, 6) is 0.722. The number of ether oxygens (including phenoxy) is 1. The third kappa shape index (κ3) is 4.07. The lowest BCUT2D eigenvalue weighted by Crippen LogP contribution is -2.41. The first-order valence-corrected chi connectivity index (χ1v) is 8.14. The molecule has 2 rings (SSSR count). The van der Waals surface area contributed by atoms with Crippen molar-refractivity contribution < 1.29 is 9.53 Å². The standard InChI is InChI=1S/C14H24N4O2S/c1-9(2)16-14-17-12(15)11(21-14)13(19)18-6-4-5-10(7-18)8-20-3/h9-10H,4-8,15H2,1-3H3,(H,16,17). The van der Waals surface area contributed by atoms with E-state index in [1.165, 1.54) is 11.3 Å². The van der Waals surface area contributed by atoms with Gasteiger partial charge in [0.2, 0.25) is 0 Å². The predicted molar refractivity (Wildman–Crippen MR) is 85.8 cm³/mol. The number of rotatable bonds is 5. The zero-order chi connectivity index (χ0) is 15.4.